The molecular formula is C10H11F2NO. The number of aromatic hydroxyl groups is 1. The lowest BCUT2D eigenvalue weighted by molar-refractivity contribution is 0.460. The van der Waals surface area contributed by atoms with Gasteiger partial charge in [0.25, 0.3) is 0 Å². The van der Waals surface area contributed by atoms with Crippen molar-refractivity contribution < 1.29 is 13.9 Å². The smallest absolute Gasteiger partial charge is 0.137 e. The SMILES string of the molecule is CNCC=Cc1c(F)cc(O)cc1F. The number of likely N-dealkylation sites (N-methyl/N-ethyl adjacent to an activating group) is 1. The first-order chi connectivity index (χ1) is 6.65. The van der Waals surface area contributed by atoms with Crippen LogP contribution in [-0.4, -0.2) is 18.7 Å². The summed E-state index contributed by atoms with van der Waals surface area (Å²) in [5.41, 5.74) is -0.141. The molecule has 0 aliphatic carbocycles. The molecule has 0 bridgehead atoms. The van der Waals surface area contributed by atoms with E-state index in [2.05, 4.69) is 5.32 Å². The third-order valence-corrected chi connectivity index (χ3v) is 1.67. The first-order valence-corrected chi connectivity index (χ1v) is 4.14. The van der Waals surface area contributed by atoms with Gasteiger partial charge in [-0.05, 0) is 7.05 Å². The quantitative estimate of drug-likeness (QED) is 0.779. The first kappa shape index (κ1) is 10.7. The summed E-state index contributed by atoms with van der Waals surface area (Å²) in [6, 6.07) is 1.75. The summed E-state index contributed by atoms with van der Waals surface area (Å²) in [6.45, 7) is 0.528. The van der Waals surface area contributed by atoms with Gasteiger partial charge in [-0.15, -0.1) is 0 Å². The van der Waals surface area contributed by atoms with Gasteiger partial charge in [-0.1, -0.05) is 12.2 Å². The molecule has 0 saturated heterocycles. The highest BCUT2D eigenvalue weighted by atomic mass is 19.1. The molecule has 2 N–H and O–H groups in total. The Kier molecular flexibility index (Phi) is 3.59. The predicted octanol–water partition coefficient (Wildman–Crippen LogP) is 1.90. The Bertz CT molecular complexity index is 327. The van der Waals surface area contributed by atoms with Gasteiger partial charge in [0.05, 0.1) is 0 Å². The third-order valence-electron chi connectivity index (χ3n) is 1.67. The maximum atomic E-state index is 13.1. The molecule has 14 heavy (non-hydrogen) atoms. The highest BCUT2D eigenvalue weighted by molar-refractivity contribution is 5.52. The molecule has 0 spiro atoms. The fourth-order valence-corrected chi connectivity index (χ4v) is 1.02. The van der Waals surface area contributed by atoms with Crippen LogP contribution >= 0.6 is 0 Å². The highest BCUT2D eigenvalue weighted by Crippen LogP contribution is 2.20. The molecule has 0 heterocycles. The number of benzene rings is 1. The molecule has 76 valence electrons. The van der Waals surface area contributed by atoms with Gasteiger partial charge in [0.15, 0.2) is 0 Å². The lowest BCUT2D eigenvalue weighted by atomic mass is 10.1. The van der Waals surface area contributed by atoms with Crippen molar-refractivity contribution in [2.24, 2.45) is 0 Å². The second-order valence-electron chi connectivity index (χ2n) is 2.78. The van der Waals surface area contributed by atoms with E-state index >= 15 is 0 Å². The standard InChI is InChI=1S/C10H11F2NO/c1-13-4-2-3-8-9(11)5-7(14)6-10(8)12/h2-3,5-6,13-14H,4H2,1H3. The molecule has 0 radical (unpaired) electrons. The molecule has 0 amide bonds. The van der Waals surface area contributed by atoms with Gasteiger partial charge in [-0.2, -0.15) is 0 Å². The second kappa shape index (κ2) is 4.72. The molecule has 0 atom stereocenters. The molecule has 0 fully saturated rings. The zero-order chi connectivity index (χ0) is 10.6. The van der Waals surface area contributed by atoms with Crippen LogP contribution in [0.25, 0.3) is 6.08 Å². The van der Waals surface area contributed by atoms with E-state index in [1.165, 1.54) is 6.08 Å². The fourth-order valence-electron chi connectivity index (χ4n) is 1.02. The van der Waals surface area contributed by atoms with Crippen LogP contribution < -0.4 is 5.32 Å². The average molecular weight is 199 g/mol. The van der Waals surface area contributed by atoms with Crippen LogP contribution in [0.5, 0.6) is 5.75 Å². The van der Waals surface area contributed by atoms with E-state index in [0.29, 0.717) is 6.54 Å². The average Bonchev–Trinajstić information content (AvgIpc) is 2.09. The van der Waals surface area contributed by atoms with Gasteiger partial charge in [-0.3, -0.25) is 0 Å². The van der Waals surface area contributed by atoms with E-state index in [-0.39, 0.29) is 5.56 Å². The van der Waals surface area contributed by atoms with E-state index in [9.17, 15) is 8.78 Å². The number of phenolic OH excluding ortho intramolecular Hbond substituents is 1. The van der Waals surface area contributed by atoms with Gasteiger partial charge < -0.3 is 10.4 Å². The van der Waals surface area contributed by atoms with Crippen molar-refractivity contribution in [2.75, 3.05) is 13.6 Å². The maximum absolute atomic E-state index is 13.1. The van der Waals surface area contributed by atoms with Gasteiger partial charge in [0.1, 0.15) is 17.4 Å². The number of hydrogen-bond donors (Lipinski definition) is 2. The molecule has 1 aromatic carbocycles. The minimum absolute atomic E-state index is 0.141. The first-order valence-electron chi connectivity index (χ1n) is 4.14. The summed E-state index contributed by atoms with van der Waals surface area (Å²) < 4.78 is 26.1. The van der Waals surface area contributed by atoms with E-state index in [1.807, 2.05) is 0 Å². The molecule has 0 aromatic heterocycles. The lowest BCUT2D eigenvalue weighted by Gasteiger charge is -2.00. The summed E-state index contributed by atoms with van der Waals surface area (Å²) in [5.74, 6) is -1.95. The van der Waals surface area contributed by atoms with E-state index < -0.39 is 17.4 Å². The van der Waals surface area contributed by atoms with E-state index in [1.54, 1.807) is 13.1 Å². The Morgan fingerprint density at radius 3 is 2.43 bits per heavy atom. The lowest BCUT2D eigenvalue weighted by Crippen LogP contribution is -2.03. The van der Waals surface area contributed by atoms with Crippen LogP contribution in [0.15, 0.2) is 18.2 Å². The van der Waals surface area contributed by atoms with Crippen molar-refractivity contribution in [1.82, 2.24) is 5.32 Å². The second-order valence-corrected chi connectivity index (χ2v) is 2.78. The normalized spacial score (nSPS) is 11.1. The summed E-state index contributed by atoms with van der Waals surface area (Å²) in [5, 5.41) is 11.7. The molecule has 0 aliphatic rings. The number of rotatable bonds is 3. The number of hydrogen-bond acceptors (Lipinski definition) is 2. The maximum Gasteiger partial charge on any atom is 0.137 e. The Hall–Kier alpha value is -1.42. The monoisotopic (exact) mass is 199 g/mol. The number of phenols is 1. The number of nitrogens with one attached hydrogen (secondary N) is 1. The number of halogens is 2. The minimum atomic E-state index is -0.769. The summed E-state index contributed by atoms with van der Waals surface area (Å²) in [7, 11) is 1.73. The Balaban J connectivity index is 2.96. The Morgan fingerprint density at radius 2 is 1.93 bits per heavy atom. The van der Waals surface area contributed by atoms with Crippen molar-refractivity contribution in [2.45, 2.75) is 0 Å². The molecule has 0 aliphatic heterocycles. The van der Waals surface area contributed by atoms with Crippen molar-refractivity contribution in [3.05, 3.63) is 35.4 Å². The van der Waals surface area contributed by atoms with Crippen molar-refractivity contribution >= 4 is 6.08 Å². The van der Waals surface area contributed by atoms with E-state index in [4.69, 9.17) is 5.11 Å². The van der Waals surface area contributed by atoms with Crippen LogP contribution in [-0.2, 0) is 0 Å². The van der Waals surface area contributed by atoms with Gasteiger partial charge >= 0.3 is 0 Å². The highest BCUT2D eigenvalue weighted by Gasteiger charge is 2.07. The topological polar surface area (TPSA) is 32.3 Å². The molecule has 2 nitrogen and oxygen atoms in total. The van der Waals surface area contributed by atoms with E-state index in [0.717, 1.165) is 12.1 Å². The van der Waals surface area contributed by atoms with Crippen molar-refractivity contribution in [1.29, 1.82) is 0 Å². The Labute approximate surface area is 80.9 Å². The minimum Gasteiger partial charge on any atom is -0.508 e. The van der Waals surface area contributed by atoms with Crippen LogP contribution in [0.3, 0.4) is 0 Å². The summed E-state index contributed by atoms with van der Waals surface area (Å²) >= 11 is 0. The van der Waals surface area contributed by atoms with Crippen LogP contribution in [0.4, 0.5) is 8.78 Å². The van der Waals surface area contributed by atoms with Crippen LogP contribution in [0.2, 0.25) is 0 Å². The Morgan fingerprint density at radius 1 is 1.36 bits per heavy atom. The molecular weight excluding hydrogens is 188 g/mol. The largest absolute Gasteiger partial charge is 0.508 e. The zero-order valence-corrected chi connectivity index (χ0v) is 7.72. The van der Waals surface area contributed by atoms with Crippen molar-refractivity contribution in [3.8, 4) is 5.75 Å². The van der Waals surface area contributed by atoms with Gasteiger partial charge in [-0.25, -0.2) is 8.78 Å². The molecule has 0 unspecified atom stereocenters. The zero-order valence-electron chi connectivity index (χ0n) is 7.72. The van der Waals surface area contributed by atoms with Crippen molar-refractivity contribution in [3.63, 3.8) is 0 Å². The molecule has 4 heteroatoms. The molecule has 1 aromatic rings. The van der Waals surface area contributed by atoms with Crippen LogP contribution in [0, 0.1) is 11.6 Å². The summed E-state index contributed by atoms with van der Waals surface area (Å²) in [6.07, 6.45) is 2.93. The fraction of sp³-hybridized carbons (Fsp3) is 0.200. The van der Waals surface area contributed by atoms with Crippen LogP contribution in [0.1, 0.15) is 5.56 Å². The molecule has 1 rings (SSSR count). The molecule has 0 saturated carbocycles. The van der Waals surface area contributed by atoms with Gasteiger partial charge in [0, 0.05) is 24.2 Å². The predicted molar refractivity (Wildman–Crippen MR) is 51.0 cm³/mol. The van der Waals surface area contributed by atoms with Gasteiger partial charge in [0.2, 0.25) is 0 Å². The summed E-state index contributed by atoms with van der Waals surface area (Å²) in [4.78, 5) is 0. The third kappa shape index (κ3) is 2.53.